The zero-order chi connectivity index (χ0) is 16.9. The SMILES string of the molecule is CCOC(=O)CC(CC)C1(C#N)OCC(c2ccc(Br)cc2)O1. The number of carbonyl (C=O) groups excluding carboxylic acids is 1. The van der Waals surface area contributed by atoms with Crippen LogP contribution < -0.4 is 0 Å². The summed E-state index contributed by atoms with van der Waals surface area (Å²) in [6.45, 7) is 4.26. The first-order valence-electron chi connectivity index (χ1n) is 7.68. The molecule has 1 aliphatic heterocycles. The highest BCUT2D eigenvalue weighted by atomic mass is 79.9. The summed E-state index contributed by atoms with van der Waals surface area (Å²) in [5, 5.41) is 9.61. The molecule has 2 rings (SSSR count). The second-order valence-corrected chi connectivity index (χ2v) is 6.28. The number of nitrogens with zero attached hydrogens (tertiary/aromatic N) is 1. The third-order valence-electron chi connectivity index (χ3n) is 3.91. The van der Waals surface area contributed by atoms with Gasteiger partial charge in [-0.15, -0.1) is 0 Å². The van der Waals surface area contributed by atoms with Crippen molar-refractivity contribution in [2.45, 2.75) is 38.6 Å². The van der Waals surface area contributed by atoms with Crippen molar-refractivity contribution in [1.82, 2.24) is 0 Å². The lowest BCUT2D eigenvalue weighted by Gasteiger charge is -2.28. The Bertz CT molecular complexity index is 583. The molecular weight excluding hydrogens is 362 g/mol. The normalized spacial score (nSPS) is 24.9. The summed E-state index contributed by atoms with van der Waals surface area (Å²) in [6, 6.07) is 9.82. The van der Waals surface area contributed by atoms with Gasteiger partial charge in [0.25, 0.3) is 5.79 Å². The van der Waals surface area contributed by atoms with Gasteiger partial charge in [-0.25, -0.2) is 0 Å². The summed E-state index contributed by atoms with van der Waals surface area (Å²) < 4.78 is 17.6. The fourth-order valence-electron chi connectivity index (χ4n) is 2.65. The van der Waals surface area contributed by atoms with Crippen LogP contribution in [0.15, 0.2) is 28.7 Å². The van der Waals surface area contributed by atoms with Gasteiger partial charge in [0, 0.05) is 10.4 Å². The molecule has 6 heteroatoms. The Morgan fingerprint density at radius 3 is 2.74 bits per heavy atom. The molecule has 0 N–H and O–H groups in total. The van der Waals surface area contributed by atoms with Crippen molar-refractivity contribution in [2.75, 3.05) is 13.2 Å². The van der Waals surface area contributed by atoms with Crippen LogP contribution in [0, 0.1) is 17.2 Å². The predicted octanol–water partition coefficient (Wildman–Crippen LogP) is 3.74. The number of rotatable bonds is 6. The van der Waals surface area contributed by atoms with Crippen molar-refractivity contribution < 1.29 is 19.0 Å². The first-order valence-corrected chi connectivity index (χ1v) is 8.48. The number of halogens is 1. The van der Waals surface area contributed by atoms with Gasteiger partial charge in [0.1, 0.15) is 12.2 Å². The molecule has 1 aromatic carbocycles. The number of ether oxygens (including phenoxy) is 3. The number of carbonyl (C=O) groups is 1. The molecule has 0 spiro atoms. The van der Waals surface area contributed by atoms with Gasteiger partial charge in [-0.05, 0) is 31.0 Å². The Hall–Kier alpha value is -1.42. The highest BCUT2D eigenvalue weighted by Crippen LogP contribution is 2.40. The molecule has 0 aliphatic carbocycles. The third-order valence-corrected chi connectivity index (χ3v) is 4.44. The van der Waals surface area contributed by atoms with E-state index in [0.29, 0.717) is 13.0 Å². The van der Waals surface area contributed by atoms with Gasteiger partial charge in [0.15, 0.2) is 0 Å². The van der Waals surface area contributed by atoms with Crippen LogP contribution in [0.4, 0.5) is 0 Å². The maximum atomic E-state index is 11.8. The standard InChI is InChI=1S/C17H20BrNO4/c1-3-13(9-16(20)21-4-2)17(11-19)22-10-15(23-17)12-5-7-14(18)8-6-12/h5-8,13,15H,3-4,9-10H2,1-2H3. The zero-order valence-corrected chi connectivity index (χ0v) is 14.8. The van der Waals surface area contributed by atoms with E-state index >= 15 is 0 Å². The molecule has 3 atom stereocenters. The lowest BCUT2D eigenvalue weighted by atomic mass is 9.93. The van der Waals surface area contributed by atoms with Crippen LogP contribution in [-0.2, 0) is 19.0 Å². The molecule has 1 aliphatic rings. The number of nitriles is 1. The van der Waals surface area contributed by atoms with Gasteiger partial charge in [0.2, 0.25) is 0 Å². The Labute approximate surface area is 144 Å². The summed E-state index contributed by atoms with van der Waals surface area (Å²) in [5.41, 5.74) is 0.941. The maximum Gasteiger partial charge on any atom is 0.306 e. The fraction of sp³-hybridized carbons (Fsp3) is 0.529. The smallest absolute Gasteiger partial charge is 0.306 e. The van der Waals surface area contributed by atoms with Crippen molar-refractivity contribution >= 4 is 21.9 Å². The average molecular weight is 382 g/mol. The Morgan fingerprint density at radius 2 is 2.17 bits per heavy atom. The van der Waals surface area contributed by atoms with E-state index in [-0.39, 0.29) is 31.0 Å². The van der Waals surface area contributed by atoms with E-state index in [1.165, 1.54) is 0 Å². The molecule has 0 bridgehead atoms. The minimum absolute atomic E-state index is 0.102. The molecule has 124 valence electrons. The lowest BCUT2D eigenvalue weighted by Crippen LogP contribution is -2.39. The van der Waals surface area contributed by atoms with Gasteiger partial charge in [-0.1, -0.05) is 35.0 Å². The molecule has 0 aromatic heterocycles. The largest absolute Gasteiger partial charge is 0.466 e. The van der Waals surface area contributed by atoms with E-state index in [0.717, 1.165) is 10.0 Å². The van der Waals surface area contributed by atoms with Crippen LogP contribution >= 0.6 is 15.9 Å². The van der Waals surface area contributed by atoms with Crippen LogP contribution in [0.25, 0.3) is 0 Å². The molecule has 0 saturated carbocycles. The summed E-state index contributed by atoms with van der Waals surface area (Å²) in [5.74, 6) is -2.11. The van der Waals surface area contributed by atoms with Gasteiger partial charge < -0.3 is 14.2 Å². The van der Waals surface area contributed by atoms with Crippen LogP contribution in [-0.4, -0.2) is 25.0 Å². The van der Waals surface area contributed by atoms with Crippen LogP contribution in [0.3, 0.4) is 0 Å². The second-order valence-electron chi connectivity index (χ2n) is 5.36. The van der Waals surface area contributed by atoms with Gasteiger partial charge in [-0.2, -0.15) is 5.26 Å². The van der Waals surface area contributed by atoms with E-state index < -0.39 is 5.79 Å². The molecule has 23 heavy (non-hydrogen) atoms. The molecular formula is C17H20BrNO4. The summed E-state index contributed by atoms with van der Waals surface area (Å²) >= 11 is 3.39. The van der Waals surface area contributed by atoms with E-state index in [4.69, 9.17) is 14.2 Å². The molecule has 3 unspecified atom stereocenters. The minimum atomic E-state index is -1.40. The van der Waals surface area contributed by atoms with Crippen LogP contribution in [0.5, 0.6) is 0 Å². The first-order chi connectivity index (χ1) is 11.0. The molecule has 5 nitrogen and oxygen atoms in total. The Morgan fingerprint density at radius 1 is 1.48 bits per heavy atom. The summed E-state index contributed by atoms with van der Waals surface area (Å²) in [4.78, 5) is 11.8. The lowest BCUT2D eigenvalue weighted by molar-refractivity contribution is -0.174. The van der Waals surface area contributed by atoms with Crippen molar-refractivity contribution in [3.63, 3.8) is 0 Å². The van der Waals surface area contributed by atoms with Crippen LogP contribution in [0.1, 0.15) is 38.4 Å². The zero-order valence-electron chi connectivity index (χ0n) is 13.3. The van der Waals surface area contributed by atoms with Gasteiger partial charge >= 0.3 is 5.97 Å². The van der Waals surface area contributed by atoms with Crippen molar-refractivity contribution in [3.05, 3.63) is 34.3 Å². The highest BCUT2D eigenvalue weighted by Gasteiger charge is 2.49. The topological polar surface area (TPSA) is 68.6 Å². The molecule has 0 amide bonds. The number of hydrogen-bond acceptors (Lipinski definition) is 5. The van der Waals surface area contributed by atoms with Crippen molar-refractivity contribution in [1.29, 1.82) is 5.26 Å². The maximum absolute atomic E-state index is 11.8. The summed E-state index contributed by atoms with van der Waals surface area (Å²) in [6.07, 6.45) is 0.365. The van der Waals surface area contributed by atoms with Crippen molar-refractivity contribution in [2.24, 2.45) is 5.92 Å². The Balaban J connectivity index is 2.13. The van der Waals surface area contributed by atoms with E-state index in [1.807, 2.05) is 31.2 Å². The van der Waals surface area contributed by atoms with Gasteiger partial charge in [-0.3, -0.25) is 4.79 Å². The number of hydrogen-bond donors (Lipinski definition) is 0. The van der Waals surface area contributed by atoms with E-state index in [9.17, 15) is 10.1 Å². The van der Waals surface area contributed by atoms with Crippen LogP contribution in [0.2, 0.25) is 0 Å². The second kappa shape index (κ2) is 7.91. The third kappa shape index (κ3) is 4.11. The minimum Gasteiger partial charge on any atom is -0.466 e. The first kappa shape index (κ1) is 17.9. The molecule has 1 fully saturated rings. The van der Waals surface area contributed by atoms with E-state index in [1.54, 1.807) is 6.92 Å². The number of esters is 1. The summed E-state index contributed by atoms with van der Waals surface area (Å²) in [7, 11) is 0. The average Bonchev–Trinajstić information content (AvgIpc) is 2.99. The Kier molecular flexibility index (Phi) is 6.17. The quantitative estimate of drug-likeness (QED) is 0.702. The fourth-order valence-corrected chi connectivity index (χ4v) is 2.92. The molecule has 0 radical (unpaired) electrons. The van der Waals surface area contributed by atoms with Crippen molar-refractivity contribution in [3.8, 4) is 6.07 Å². The predicted molar refractivity (Wildman–Crippen MR) is 87.3 cm³/mol. The monoisotopic (exact) mass is 381 g/mol. The molecule has 1 heterocycles. The van der Waals surface area contributed by atoms with Gasteiger partial charge in [0.05, 0.1) is 19.6 Å². The highest BCUT2D eigenvalue weighted by molar-refractivity contribution is 9.10. The molecule has 1 saturated heterocycles. The van der Waals surface area contributed by atoms with E-state index in [2.05, 4.69) is 22.0 Å². The molecule has 1 aromatic rings. The number of benzene rings is 1.